The van der Waals surface area contributed by atoms with Crippen LogP contribution in [0.4, 0.5) is 11.6 Å². The van der Waals surface area contributed by atoms with Crippen LogP contribution in [0.5, 0.6) is 11.5 Å². The van der Waals surface area contributed by atoms with Crippen LogP contribution in [0.1, 0.15) is 22.3 Å². The summed E-state index contributed by atoms with van der Waals surface area (Å²) in [6.07, 6.45) is 0.813. The number of ether oxygens (including phenoxy) is 2. The van der Waals surface area contributed by atoms with Gasteiger partial charge < -0.3 is 20.7 Å². The number of nitrogen functional groups attached to an aromatic ring is 1. The number of nitrogens with two attached hydrogens (primary N) is 1. The van der Waals surface area contributed by atoms with Gasteiger partial charge in [0.05, 0.1) is 19.9 Å². The Balaban J connectivity index is 0.00000256. The van der Waals surface area contributed by atoms with Crippen molar-refractivity contribution >= 4 is 11.6 Å². The summed E-state index contributed by atoms with van der Waals surface area (Å²) < 4.78 is 12.8. The molecule has 0 amide bonds. The molecule has 0 bridgehead atoms. The normalized spacial score (nSPS) is 12.6. The molecule has 2 aromatic carbocycles. The zero-order valence-electron chi connectivity index (χ0n) is 17.9. The molecular formula is C22H27N5O3. The van der Waals surface area contributed by atoms with Crippen LogP contribution in [0.3, 0.4) is 0 Å². The second kappa shape index (κ2) is 8.16. The van der Waals surface area contributed by atoms with E-state index in [2.05, 4.69) is 24.0 Å². The maximum absolute atomic E-state index is 6.28. The van der Waals surface area contributed by atoms with Gasteiger partial charge in [-0.2, -0.15) is 9.97 Å². The van der Waals surface area contributed by atoms with Gasteiger partial charge in [0.25, 0.3) is 5.62 Å². The van der Waals surface area contributed by atoms with Crippen LogP contribution in [0.2, 0.25) is 0 Å². The first kappa shape index (κ1) is 21.3. The number of aryl methyl sites for hydroxylation is 4. The van der Waals surface area contributed by atoms with Crippen molar-refractivity contribution in [2.45, 2.75) is 33.7 Å². The fraction of sp³-hybridized carbons (Fsp3) is 0.318. The summed E-state index contributed by atoms with van der Waals surface area (Å²) in [4.78, 5) is 13.9. The molecule has 1 aromatic heterocycles. The Morgan fingerprint density at radius 1 is 0.967 bits per heavy atom. The van der Waals surface area contributed by atoms with Gasteiger partial charge >= 0.3 is 0 Å². The van der Waals surface area contributed by atoms with Crippen molar-refractivity contribution in [1.82, 2.24) is 14.5 Å². The van der Waals surface area contributed by atoms with E-state index in [4.69, 9.17) is 25.2 Å². The quantitative estimate of drug-likeness (QED) is 0.712. The topological polar surface area (TPSA) is 119 Å². The van der Waals surface area contributed by atoms with Crippen molar-refractivity contribution in [3.05, 3.63) is 52.1 Å². The summed E-state index contributed by atoms with van der Waals surface area (Å²) in [6, 6.07) is 8.16. The summed E-state index contributed by atoms with van der Waals surface area (Å²) in [6.45, 7) is 6.86. The molecule has 4 N–H and O–H groups in total. The van der Waals surface area contributed by atoms with Crippen molar-refractivity contribution in [1.29, 1.82) is 0 Å². The zero-order valence-corrected chi connectivity index (χ0v) is 17.9. The van der Waals surface area contributed by atoms with Crippen LogP contribution in [0.15, 0.2) is 29.3 Å². The van der Waals surface area contributed by atoms with Crippen LogP contribution in [0.25, 0.3) is 11.4 Å². The van der Waals surface area contributed by atoms with E-state index >= 15 is 0 Å². The number of hydrogen-bond acceptors (Lipinski definition) is 6. The molecule has 2 heterocycles. The maximum Gasteiger partial charge on any atom is 0.255 e. The molecular weight excluding hydrogens is 382 g/mol. The van der Waals surface area contributed by atoms with E-state index in [1.165, 1.54) is 5.56 Å². The Hall–Kier alpha value is -3.39. The van der Waals surface area contributed by atoms with Crippen LogP contribution in [-0.4, -0.2) is 34.2 Å². The van der Waals surface area contributed by atoms with Crippen molar-refractivity contribution in [2.75, 3.05) is 20.0 Å². The summed E-state index contributed by atoms with van der Waals surface area (Å²) in [5, 5.41) is 0. The third-order valence-electron chi connectivity index (χ3n) is 5.25. The lowest BCUT2D eigenvalue weighted by Gasteiger charge is -2.23. The lowest BCUT2D eigenvalue weighted by Crippen LogP contribution is -2.26. The fourth-order valence-electron chi connectivity index (χ4n) is 3.94. The second-order valence-corrected chi connectivity index (χ2v) is 7.33. The number of anilines is 1. The molecule has 0 aliphatic carbocycles. The standard InChI is InChI=1S/C22H25N5O2.H2O/c1-12-8-13(2)19(14(3)9-12)24-22-25-20-16-11-18(29-5)17(28-4)10-15(16)6-7-27(20)21(23)26-22;/h8-11H,6-7H2,1-5H3,(H2,23,24,26);1H2. The third-order valence-corrected chi connectivity index (χ3v) is 5.25. The van der Waals surface area contributed by atoms with Crippen molar-refractivity contribution < 1.29 is 14.9 Å². The molecule has 0 saturated carbocycles. The number of fused-ring (bicyclic) bond motifs is 3. The van der Waals surface area contributed by atoms with Crippen molar-refractivity contribution in [3.8, 4) is 22.9 Å². The van der Waals surface area contributed by atoms with Gasteiger partial charge in [0.1, 0.15) is 5.82 Å². The highest BCUT2D eigenvalue weighted by molar-refractivity contribution is 5.68. The van der Waals surface area contributed by atoms with Gasteiger partial charge in [0, 0.05) is 12.1 Å². The maximum atomic E-state index is 6.28. The highest BCUT2D eigenvalue weighted by Crippen LogP contribution is 2.37. The lowest BCUT2D eigenvalue weighted by atomic mass is 9.99. The first-order valence-electron chi connectivity index (χ1n) is 9.53. The molecule has 158 valence electrons. The van der Waals surface area contributed by atoms with E-state index < -0.39 is 0 Å². The van der Waals surface area contributed by atoms with Crippen molar-refractivity contribution in [3.63, 3.8) is 0 Å². The summed E-state index contributed by atoms with van der Waals surface area (Å²) in [5.41, 5.74) is 13.0. The molecule has 0 radical (unpaired) electrons. The molecule has 0 unspecified atom stereocenters. The molecule has 3 aromatic rings. The Morgan fingerprint density at radius 3 is 2.23 bits per heavy atom. The largest absolute Gasteiger partial charge is 0.493 e. The van der Waals surface area contributed by atoms with E-state index in [1.807, 2.05) is 30.5 Å². The Kier molecular flexibility index (Phi) is 5.80. The smallest absolute Gasteiger partial charge is 0.255 e. The van der Waals surface area contributed by atoms with Gasteiger partial charge in [-0.25, -0.2) is 4.99 Å². The molecule has 0 fully saturated rings. The fourth-order valence-corrected chi connectivity index (χ4v) is 3.94. The lowest BCUT2D eigenvalue weighted by molar-refractivity contribution is 0.354. The average molecular weight is 409 g/mol. The Labute approximate surface area is 175 Å². The first-order valence-corrected chi connectivity index (χ1v) is 9.53. The molecule has 8 nitrogen and oxygen atoms in total. The summed E-state index contributed by atoms with van der Waals surface area (Å²) >= 11 is 0. The van der Waals surface area contributed by atoms with Crippen LogP contribution < -0.4 is 20.8 Å². The molecule has 30 heavy (non-hydrogen) atoms. The molecule has 1 aliphatic rings. The Bertz CT molecular complexity index is 1160. The molecule has 0 spiro atoms. The number of benzene rings is 2. The van der Waals surface area contributed by atoms with E-state index in [0.29, 0.717) is 29.6 Å². The average Bonchev–Trinajstić information content (AvgIpc) is 2.69. The minimum absolute atomic E-state index is 0. The predicted octanol–water partition coefficient (Wildman–Crippen LogP) is 2.43. The monoisotopic (exact) mass is 409 g/mol. The number of methoxy groups -OCH3 is 2. The SMILES string of the molecule is COc1cc2c(cc1OC)-c1nc(=Nc3c(C)cc(C)cc3C)nc(N)n1CC2.O. The second-order valence-electron chi connectivity index (χ2n) is 7.33. The Morgan fingerprint density at radius 2 is 1.60 bits per heavy atom. The van der Waals surface area contributed by atoms with E-state index in [1.54, 1.807) is 14.2 Å². The van der Waals surface area contributed by atoms with Crippen LogP contribution in [0, 0.1) is 20.8 Å². The number of aromatic nitrogens is 3. The first-order chi connectivity index (χ1) is 13.9. The van der Waals surface area contributed by atoms with Crippen molar-refractivity contribution in [2.24, 2.45) is 4.99 Å². The summed E-state index contributed by atoms with van der Waals surface area (Å²) in [5.74, 6) is 2.50. The summed E-state index contributed by atoms with van der Waals surface area (Å²) in [7, 11) is 3.26. The van der Waals surface area contributed by atoms with Crippen LogP contribution >= 0.6 is 0 Å². The van der Waals surface area contributed by atoms with Gasteiger partial charge in [-0.3, -0.25) is 4.57 Å². The van der Waals surface area contributed by atoms with Gasteiger partial charge in [-0.1, -0.05) is 17.7 Å². The van der Waals surface area contributed by atoms with E-state index in [9.17, 15) is 0 Å². The van der Waals surface area contributed by atoms with Crippen LogP contribution in [-0.2, 0) is 13.0 Å². The molecule has 0 saturated heterocycles. The highest BCUT2D eigenvalue weighted by Gasteiger charge is 2.22. The van der Waals surface area contributed by atoms with Gasteiger partial charge in [-0.15, -0.1) is 0 Å². The third kappa shape index (κ3) is 3.61. The zero-order chi connectivity index (χ0) is 20.7. The molecule has 1 aliphatic heterocycles. The van der Waals surface area contributed by atoms with Gasteiger partial charge in [-0.05, 0) is 56.0 Å². The molecule has 8 heteroatoms. The van der Waals surface area contributed by atoms with E-state index in [0.717, 1.165) is 40.2 Å². The van der Waals surface area contributed by atoms with Gasteiger partial charge in [0.2, 0.25) is 5.95 Å². The number of nitrogens with zero attached hydrogens (tertiary/aromatic N) is 4. The highest BCUT2D eigenvalue weighted by atomic mass is 16.5. The molecule has 0 atom stereocenters. The van der Waals surface area contributed by atoms with E-state index in [-0.39, 0.29) is 5.48 Å². The molecule has 4 rings (SSSR count). The predicted molar refractivity (Wildman–Crippen MR) is 116 cm³/mol. The van der Waals surface area contributed by atoms with Gasteiger partial charge in [0.15, 0.2) is 11.5 Å². The number of rotatable bonds is 3. The minimum Gasteiger partial charge on any atom is -0.493 e. The minimum atomic E-state index is 0. The number of hydrogen-bond donors (Lipinski definition) is 1.